The molecule has 9 nitrogen and oxygen atoms in total. The average Bonchev–Trinajstić information content (AvgIpc) is 3.19. The number of hydrogen-bond acceptors (Lipinski definition) is 6. The number of carbonyl (C=O) groups is 2. The van der Waals surface area contributed by atoms with Crippen molar-refractivity contribution in [2.45, 2.75) is 12.5 Å². The molecule has 1 aliphatic rings. The normalized spacial score (nSPS) is 15.7. The van der Waals surface area contributed by atoms with Crippen LogP contribution in [0.2, 0.25) is 0 Å². The molecule has 27 heavy (non-hydrogen) atoms. The summed E-state index contributed by atoms with van der Waals surface area (Å²) in [5.41, 5.74) is 2.52. The summed E-state index contributed by atoms with van der Waals surface area (Å²) in [6.07, 6.45) is 2.25. The van der Waals surface area contributed by atoms with Crippen molar-refractivity contribution in [3.63, 3.8) is 0 Å². The van der Waals surface area contributed by atoms with E-state index in [-0.39, 0.29) is 12.6 Å². The molecule has 144 valence electrons. The Kier molecular flexibility index (Phi) is 5.49. The molecule has 2 N–H and O–H groups in total. The van der Waals surface area contributed by atoms with E-state index < -0.39 is 12.0 Å². The van der Waals surface area contributed by atoms with Crippen LogP contribution in [0.5, 0.6) is 11.5 Å². The first-order valence-corrected chi connectivity index (χ1v) is 8.43. The first-order chi connectivity index (χ1) is 13.1. The van der Waals surface area contributed by atoms with Gasteiger partial charge in [0.2, 0.25) is 0 Å². The van der Waals surface area contributed by atoms with Crippen LogP contribution in [0.15, 0.2) is 24.5 Å². The summed E-state index contributed by atoms with van der Waals surface area (Å²) in [5.74, 6) is 0.712. The standard InChI is InChI=1S/C18H22N4O5/c1-25-12-6-11(7-13(8-12)26-2)17-16-14(20-10-21-16)4-5-22(17)18(24)19-9-15(23)27-3/h6-8,10,17H,4-5,9H2,1-3H3,(H,19,24)(H,20,21). The maximum absolute atomic E-state index is 12.7. The molecular formula is C18H22N4O5. The summed E-state index contributed by atoms with van der Waals surface area (Å²) >= 11 is 0. The molecule has 1 aromatic carbocycles. The van der Waals surface area contributed by atoms with E-state index >= 15 is 0 Å². The van der Waals surface area contributed by atoms with Crippen molar-refractivity contribution in [2.75, 3.05) is 34.4 Å². The van der Waals surface area contributed by atoms with Crippen LogP contribution >= 0.6 is 0 Å². The Morgan fingerprint density at radius 2 is 1.93 bits per heavy atom. The number of hydrogen-bond donors (Lipinski definition) is 2. The number of benzene rings is 1. The molecule has 0 aliphatic carbocycles. The lowest BCUT2D eigenvalue weighted by atomic mass is 9.95. The summed E-state index contributed by atoms with van der Waals surface area (Å²) in [6, 6.07) is 4.64. The average molecular weight is 374 g/mol. The highest BCUT2D eigenvalue weighted by atomic mass is 16.5. The Morgan fingerprint density at radius 1 is 1.22 bits per heavy atom. The highest BCUT2D eigenvalue weighted by molar-refractivity contribution is 5.81. The van der Waals surface area contributed by atoms with Crippen molar-refractivity contribution in [1.82, 2.24) is 20.2 Å². The third kappa shape index (κ3) is 3.81. The molecule has 1 unspecified atom stereocenters. The lowest BCUT2D eigenvalue weighted by Crippen LogP contribution is -2.47. The molecule has 9 heteroatoms. The minimum atomic E-state index is -0.514. The third-order valence-corrected chi connectivity index (χ3v) is 4.49. The van der Waals surface area contributed by atoms with Crippen LogP contribution in [-0.4, -0.2) is 61.3 Å². The molecule has 0 radical (unpaired) electrons. The lowest BCUT2D eigenvalue weighted by molar-refractivity contribution is -0.139. The predicted molar refractivity (Wildman–Crippen MR) is 95.8 cm³/mol. The quantitative estimate of drug-likeness (QED) is 0.763. The van der Waals surface area contributed by atoms with Gasteiger partial charge < -0.3 is 29.4 Å². The van der Waals surface area contributed by atoms with Gasteiger partial charge in [-0.2, -0.15) is 0 Å². The molecule has 1 aromatic heterocycles. The molecule has 1 atom stereocenters. The fourth-order valence-electron chi connectivity index (χ4n) is 3.14. The Balaban J connectivity index is 1.97. The van der Waals surface area contributed by atoms with E-state index in [9.17, 15) is 9.59 Å². The van der Waals surface area contributed by atoms with Gasteiger partial charge in [0.1, 0.15) is 24.1 Å². The molecule has 1 aliphatic heterocycles. The first kappa shape index (κ1) is 18.6. The Bertz CT molecular complexity index is 813. The number of fused-ring (bicyclic) bond motifs is 1. The summed E-state index contributed by atoms with van der Waals surface area (Å²) in [5, 5.41) is 2.59. The molecule has 0 saturated heterocycles. The summed E-state index contributed by atoms with van der Waals surface area (Å²) in [6.45, 7) is 0.264. The van der Waals surface area contributed by atoms with E-state index in [0.717, 1.165) is 17.0 Å². The largest absolute Gasteiger partial charge is 0.497 e. The number of carbonyl (C=O) groups excluding carboxylic acids is 2. The summed E-state index contributed by atoms with van der Waals surface area (Å²) < 4.78 is 15.3. The SMILES string of the molecule is COC(=O)CNC(=O)N1CCc2[nH]cnc2C1c1cc(OC)cc(OC)c1. The maximum atomic E-state index is 12.7. The van der Waals surface area contributed by atoms with Gasteiger partial charge in [0, 0.05) is 24.7 Å². The van der Waals surface area contributed by atoms with Crippen LogP contribution in [0.1, 0.15) is 23.0 Å². The Labute approximate surface area is 156 Å². The van der Waals surface area contributed by atoms with E-state index in [1.807, 2.05) is 12.1 Å². The number of aromatic nitrogens is 2. The number of urea groups is 1. The number of ether oxygens (including phenoxy) is 3. The molecule has 3 rings (SSSR count). The molecule has 0 saturated carbocycles. The van der Waals surface area contributed by atoms with Crippen LogP contribution in [0, 0.1) is 0 Å². The van der Waals surface area contributed by atoms with Crippen molar-refractivity contribution < 1.29 is 23.8 Å². The predicted octanol–water partition coefficient (Wildman–Crippen LogP) is 1.26. The van der Waals surface area contributed by atoms with Gasteiger partial charge >= 0.3 is 12.0 Å². The van der Waals surface area contributed by atoms with Crippen LogP contribution in [0.4, 0.5) is 4.79 Å². The summed E-state index contributed by atoms with van der Waals surface area (Å²) in [7, 11) is 4.41. The molecule has 0 bridgehead atoms. The zero-order valence-corrected chi connectivity index (χ0v) is 15.4. The number of imidazole rings is 1. The second kappa shape index (κ2) is 7.98. The molecule has 2 amide bonds. The third-order valence-electron chi connectivity index (χ3n) is 4.49. The second-order valence-corrected chi connectivity index (χ2v) is 5.99. The lowest BCUT2D eigenvalue weighted by Gasteiger charge is -2.35. The monoisotopic (exact) mass is 374 g/mol. The van der Waals surface area contributed by atoms with Crippen LogP contribution in [0.3, 0.4) is 0 Å². The van der Waals surface area contributed by atoms with Crippen LogP contribution in [-0.2, 0) is 16.0 Å². The minimum Gasteiger partial charge on any atom is -0.497 e. The van der Waals surface area contributed by atoms with Gasteiger partial charge in [0.25, 0.3) is 0 Å². The van der Waals surface area contributed by atoms with E-state index in [2.05, 4.69) is 20.0 Å². The van der Waals surface area contributed by atoms with E-state index in [0.29, 0.717) is 24.5 Å². The molecular weight excluding hydrogens is 352 g/mol. The van der Waals surface area contributed by atoms with Crippen molar-refractivity contribution in [3.8, 4) is 11.5 Å². The van der Waals surface area contributed by atoms with E-state index in [1.54, 1.807) is 31.5 Å². The van der Waals surface area contributed by atoms with Gasteiger partial charge in [0.05, 0.1) is 33.4 Å². The van der Waals surface area contributed by atoms with E-state index in [1.165, 1.54) is 7.11 Å². The first-order valence-electron chi connectivity index (χ1n) is 8.43. The van der Waals surface area contributed by atoms with Gasteiger partial charge in [0.15, 0.2) is 0 Å². The summed E-state index contributed by atoms with van der Waals surface area (Å²) in [4.78, 5) is 33.3. The minimum absolute atomic E-state index is 0.201. The highest BCUT2D eigenvalue weighted by Gasteiger charge is 2.34. The molecule has 2 aromatic rings. The van der Waals surface area contributed by atoms with Crippen molar-refractivity contribution >= 4 is 12.0 Å². The van der Waals surface area contributed by atoms with Crippen molar-refractivity contribution in [1.29, 1.82) is 0 Å². The van der Waals surface area contributed by atoms with Crippen LogP contribution < -0.4 is 14.8 Å². The van der Waals surface area contributed by atoms with E-state index in [4.69, 9.17) is 9.47 Å². The number of aromatic amines is 1. The Morgan fingerprint density at radius 3 is 2.56 bits per heavy atom. The molecule has 0 fully saturated rings. The number of esters is 1. The van der Waals surface area contributed by atoms with Crippen molar-refractivity contribution in [3.05, 3.63) is 41.5 Å². The fraction of sp³-hybridized carbons (Fsp3) is 0.389. The number of nitrogens with zero attached hydrogens (tertiary/aromatic N) is 2. The van der Waals surface area contributed by atoms with Gasteiger partial charge in [-0.1, -0.05) is 0 Å². The molecule has 0 spiro atoms. The topological polar surface area (TPSA) is 106 Å². The van der Waals surface area contributed by atoms with Crippen molar-refractivity contribution in [2.24, 2.45) is 0 Å². The van der Waals surface area contributed by atoms with Gasteiger partial charge in [-0.15, -0.1) is 0 Å². The maximum Gasteiger partial charge on any atom is 0.325 e. The zero-order valence-electron chi connectivity index (χ0n) is 15.4. The second-order valence-electron chi connectivity index (χ2n) is 5.99. The number of nitrogens with one attached hydrogen (secondary N) is 2. The Hall–Kier alpha value is -3.23. The smallest absolute Gasteiger partial charge is 0.325 e. The molecule has 2 heterocycles. The number of amides is 2. The fourth-order valence-corrected chi connectivity index (χ4v) is 3.14. The number of H-pyrrole nitrogens is 1. The van der Waals surface area contributed by atoms with Gasteiger partial charge in [-0.3, -0.25) is 4.79 Å². The van der Waals surface area contributed by atoms with Gasteiger partial charge in [-0.25, -0.2) is 9.78 Å². The zero-order chi connectivity index (χ0) is 19.4. The number of rotatable bonds is 5. The van der Waals surface area contributed by atoms with Gasteiger partial charge in [-0.05, 0) is 17.7 Å². The highest BCUT2D eigenvalue weighted by Crippen LogP contribution is 2.36. The van der Waals surface area contributed by atoms with Crippen LogP contribution in [0.25, 0.3) is 0 Å². The number of methoxy groups -OCH3 is 3.